The van der Waals surface area contributed by atoms with Crippen LogP contribution in [0, 0.1) is 5.92 Å². The van der Waals surface area contributed by atoms with Gasteiger partial charge in [0, 0.05) is 19.0 Å². The Balaban J connectivity index is 1.73. The number of carbonyl (C=O) groups is 2. The van der Waals surface area contributed by atoms with Crippen LogP contribution < -0.4 is 4.74 Å². The molecule has 1 amide bonds. The quantitative estimate of drug-likeness (QED) is 0.871. The van der Waals surface area contributed by atoms with E-state index >= 15 is 0 Å². The Kier molecular flexibility index (Phi) is 5.47. The predicted molar refractivity (Wildman–Crippen MR) is 98.4 cm³/mol. The van der Waals surface area contributed by atoms with Gasteiger partial charge in [-0.3, -0.25) is 9.59 Å². The van der Waals surface area contributed by atoms with Crippen molar-refractivity contribution in [3.05, 3.63) is 65.2 Å². The number of halogens is 1. The number of hydrogen-bond donors (Lipinski definition) is 1. The molecule has 2 aromatic rings. The highest BCUT2D eigenvalue weighted by molar-refractivity contribution is 6.32. The summed E-state index contributed by atoms with van der Waals surface area (Å²) >= 11 is 6.07. The largest absolute Gasteiger partial charge is 0.481 e. The van der Waals surface area contributed by atoms with Crippen LogP contribution in [0.25, 0.3) is 0 Å². The zero-order valence-electron chi connectivity index (χ0n) is 14.3. The molecule has 136 valence electrons. The molecule has 0 saturated carbocycles. The van der Waals surface area contributed by atoms with Gasteiger partial charge in [-0.15, -0.1) is 0 Å². The first-order valence-corrected chi connectivity index (χ1v) is 8.83. The molecule has 6 heteroatoms. The summed E-state index contributed by atoms with van der Waals surface area (Å²) in [6, 6.07) is 16.4. The summed E-state index contributed by atoms with van der Waals surface area (Å²) in [7, 11) is 0. The maximum atomic E-state index is 12.8. The molecule has 1 saturated heterocycles. The van der Waals surface area contributed by atoms with Gasteiger partial charge in [-0.1, -0.05) is 54.1 Å². The first kappa shape index (κ1) is 18.3. The van der Waals surface area contributed by atoms with Gasteiger partial charge in [0.2, 0.25) is 0 Å². The Morgan fingerprint density at radius 1 is 1.12 bits per heavy atom. The molecular formula is C20H20ClNO4. The Bertz CT molecular complexity index is 795. The van der Waals surface area contributed by atoms with Crippen LogP contribution in [0.5, 0.6) is 5.75 Å². The van der Waals surface area contributed by atoms with E-state index in [9.17, 15) is 14.7 Å². The number of likely N-dealkylation sites (tertiary alicyclic amines) is 1. The van der Waals surface area contributed by atoms with Gasteiger partial charge in [-0.05, 0) is 24.6 Å². The van der Waals surface area contributed by atoms with E-state index in [0.717, 1.165) is 5.56 Å². The average Bonchev–Trinajstić information content (AvgIpc) is 3.09. The van der Waals surface area contributed by atoms with E-state index in [1.165, 1.54) is 0 Å². The lowest BCUT2D eigenvalue weighted by atomic mass is 9.89. The SMILES string of the molecule is CC(Oc1ccccc1Cl)C(=O)N1CC(C(=O)O)C(c2ccccc2)C1. The van der Waals surface area contributed by atoms with Crippen LogP contribution in [0.2, 0.25) is 5.02 Å². The van der Waals surface area contributed by atoms with Crippen molar-refractivity contribution in [1.29, 1.82) is 0 Å². The topological polar surface area (TPSA) is 66.8 Å². The molecule has 0 bridgehead atoms. The van der Waals surface area contributed by atoms with Crippen molar-refractivity contribution >= 4 is 23.5 Å². The summed E-state index contributed by atoms with van der Waals surface area (Å²) in [5.41, 5.74) is 0.926. The highest BCUT2D eigenvalue weighted by atomic mass is 35.5. The molecule has 1 aliphatic rings. The molecule has 2 aromatic carbocycles. The van der Waals surface area contributed by atoms with Crippen LogP contribution in [-0.4, -0.2) is 41.1 Å². The molecule has 0 aliphatic carbocycles. The zero-order valence-corrected chi connectivity index (χ0v) is 15.1. The van der Waals surface area contributed by atoms with E-state index in [0.29, 0.717) is 17.3 Å². The number of carboxylic acid groups (broad SMARTS) is 1. The number of benzene rings is 2. The highest BCUT2D eigenvalue weighted by Gasteiger charge is 2.41. The summed E-state index contributed by atoms with van der Waals surface area (Å²) in [6.45, 7) is 2.18. The number of amides is 1. The summed E-state index contributed by atoms with van der Waals surface area (Å²) in [6.07, 6.45) is -0.751. The van der Waals surface area contributed by atoms with Crippen molar-refractivity contribution < 1.29 is 19.4 Å². The van der Waals surface area contributed by atoms with Crippen LogP contribution in [0.4, 0.5) is 0 Å². The monoisotopic (exact) mass is 373 g/mol. The third-order valence-electron chi connectivity index (χ3n) is 4.66. The first-order chi connectivity index (χ1) is 12.5. The van der Waals surface area contributed by atoms with Crippen molar-refractivity contribution in [2.75, 3.05) is 13.1 Å². The molecule has 3 rings (SSSR count). The molecule has 0 aromatic heterocycles. The van der Waals surface area contributed by atoms with Gasteiger partial charge in [0.05, 0.1) is 10.9 Å². The molecular weight excluding hydrogens is 354 g/mol. The van der Waals surface area contributed by atoms with Gasteiger partial charge >= 0.3 is 5.97 Å². The number of rotatable bonds is 5. The van der Waals surface area contributed by atoms with E-state index in [4.69, 9.17) is 16.3 Å². The summed E-state index contributed by atoms with van der Waals surface area (Å²) in [5, 5.41) is 10.00. The third-order valence-corrected chi connectivity index (χ3v) is 4.98. The zero-order chi connectivity index (χ0) is 18.7. The second-order valence-electron chi connectivity index (χ2n) is 6.40. The second kappa shape index (κ2) is 7.79. The lowest BCUT2D eigenvalue weighted by Gasteiger charge is -2.22. The van der Waals surface area contributed by atoms with Crippen molar-refractivity contribution in [1.82, 2.24) is 4.90 Å². The fourth-order valence-electron chi connectivity index (χ4n) is 3.31. The number of ether oxygens (including phenoxy) is 1. The maximum Gasteiger partial charge on any atom is 0.308 e. The average molecular weight is 374 g/mol. The molecule has 1 aliphatic heterocycles. The van der Waals surface area contributed by atoms with Crippen LogP contribution >= 0.6 is 11.6 Å². The molecule has 1 heterocycles. The van der Waals surface area contributed by atoms with E-state index in [1.807, 2.05) is 30.3 Å². The van der Waals surface area contributed by atoms with Gasteiger partial charge in [0.25, 0.3) is 5.91 Å². The number of hydrogen-bond acceptors (Lipinski definition) is 3. The maximum absolute atomic E-state index is 12.8. The first-order valence-electron chi connectivity index (χ1n) is 8.45. The molecule has 1 N–H and O–H groups in total. The van der Waals surface area contributed by atoms with Crippen molar-refractivity contribution in [3.8, 4) is 5.75 Å². The Hall–Kier alpha value is -2.53. The van der Waals surface area contributed by atoms with Crippen molar-refractivity contribution in [3.63, 3.8) is 0 Å². The van der Waals surface area contributed by atoms with E-state index in [-0.39, 0.29) is 18.4 Å². The summed E-state index contributed by atoms with van der Waals surface area (Å²) in [5.74, 6) is -1.56. The van der Waals surface area contributed by atoms with Gasteiger partial charge in [-0.2, -0.15) is 0 Å². The van der Waals surface area contributed by atoms with Crippen molar-refractivity contribution in [2.45, 2.75) is 18.9 Å². The van der Waals surface area contributed by atoms with Crippen LogP contribution in [-0.2, 0) is 9.59 Å². The molecule has 0 spiro atoms. The van der Waals surface area contributed by atoms with E-state index < -0.39 is 18.0 Å². The minimum absolute atomic E-state index is 0.171. The Labute approximate surface area is 157 Å². The van der Waals surface area contributed by atoms with Crippen molar-refractivity contribution in [2.24, 2.45) is 5.92 Å². The van der Waals surface area contributed by atoms with Gasteiger partial charge in [-0.25, -0.2) is 0 Å². The second-order valence-corrected chi connectivity index (χ2v) is 6.80. The Morgan fingerprint density at radius 3 is 2.42 bits per heavy atom. The number of carbonyl (C=O) groups excluding carboxylic acids is 1. The number of para-hydroxylation sites is 1. The third kappa shape index (κ3) is 3.83. The normalized spacial score (nSPS) is 20.6. The summed E-state index contributed by atoms with van der Waals surface area (Å²) in [4.78, 5) is 26.0. The minimum atomic E-state index is -0.895. The molecule has 3 atom stereocenters. The van der Waals surface area contributed by atoms with Crippen LogP contribution in [0.3, 0.4) is 0 Å². The standard InChI is InChI=1S/C20H20ClNO4/c1-13(26-18-10-6-5-9-17(18)21)19(23)22-11-15(16(12-22)20(24)25)14-7-3-2-4-8-14/h2-10,13,15-16H,11-12H2,1H3,(H,24,25). The molecule has 0 radical (unpaired) electrons. The minimum Gasteiger partial charge on any atom is -0.481 e. The fraction of sp³-hybridized carbons (Fsp3) is 0.300. The lowest BCUT2D eigenvalue weighted by molar-refractivity contribution is -0.142. The van der Waals surface area contributed by atoms with Crippen LogP contribution in [0.1, 0.15) is 18.4 Å². The van der Waals surface area contributed by atoms with Gasteiger partial charge < -0.3 is 14.7 Å². The number of nitrogens with zero attached hydrogens (tertiary/aromatic N) is 1. The summed E-state index contributed by atoms with van der Waals surface area (Å²) < 4.78 is 5.69. The molecule has 5 nitrogen and oxygen atoms in total. The lowest BCUT2D eigenvalue weighted by Crippen LogP contribution is -2.39. The molecule has 1 fully saturated rings. The molecule has 26 heavy (non-hydrogen) atoms. The number of carboxylic acids is 1. The predicted octanol–water partition coefficient (Wildman–Crippen LogP) is 3.43. The smallest absolute Gasteiger partial charge is 0.308 e. The fourth-order valence-corrected chi connectivity index (χ4v) is 3.49. The Morgan fingerprint density at radius 2 is 1.77 bits per heavy atom. The van der Waals surface area contributed by atoms with Gasteiger partial charge in [0.15, 0.2) is 6.10 Å². The van der Waals surface area contributed by atoms with Crippen LogP contribution in [0.15, 0.2) is 54.6 Å². The number of aliphatic carboxylic acids is 1. The van der Waals surface area contributed by atoms with E-state index in [1.54, 1.807) is 36.1 Å². The van der Waals surface area contributed by atoms with E-state index in [2.05, 4.69) is 0 Å². The molecule has 3 unspecified atom stereocenters. The van der Waals surface area contributed by atoms with Gasteiger partial charge in [0.1, 0.15) is 5.75 Å². The highest BCUT2D eigenvalue weighted by Crippen LogP contribution is 2.33.